The van der Waals surface area contributed by atoms with Crippen molar-refractivity contribution in [1.29, 1.82) is 0 Å². The molecule has 0 radical (unpaired) electrons. The molecular weight excluding hydrogens is 865 g/mol. The number of hydrogen-bond donors (Lipinski definition) is 2. The van der Waals surface area contributed by atoms with Crippen molar-refractivity contribution in [3.8, 4) is 34.5 Å². The van der Waals surface area contributed by atoms with Crippen LogP contribution in [0.5, 0.6) is 34.5 Å². The number of ether oxygens (including phenoxy) is 9. The number of aliphatic hydroxyl groups is 1. The lowest BCUT2D eigenvalue weighted by molar-refractivity contribution is -0.211. The summed E-state index contributed by atoms with van der Waals surface area (Å²) in [5, 5.41) is 21.6. The Morgan fingerprint density at radius 3 is 1.04 bits per heavy atom. The van der Waals surface area contributed by atoms with Crippen molar-refractivity contribution in [3.63, 3.8) is 0 Å². The van der Waals surface area contributed by atoms with Gasteiger partial charge in [-0.05, 0) is 71.3 Å². The average molecular weight is 919 g/mol. The number of carbonyl (C=O) groups is 4. The first kappa shape index (κ1) is 51.6. The summed E-state index contributed by atoms with van der Waals surface area (Å²) in [6.45, 7) is 23.0. The molecule has 1 aliphatic rings. The van der Waals surface area contributed by atoms with Gasteiger partial charge in [0, 0.05) is 31.1 Å². The highest BCUT2D eigenvalue weighted by atomic mass is 16.6. The Labute approximate surface area is 389 Å². The molecule has 1 saturated carbocycles. The number of aliphatic carboxylic acids is 1. The molecule has 2 atom stereocenters. The Kier molecular flexibility index (Phi) is 20.5. The molecule has 3 aromatic rings. The van der Waals surface area contributed by atoms with Crippen LogP contribution >= 0.6 is 0 Å². The summed E-state index contributed by atoms with van der Waals surface area (Å²) in [5.41, 5.74) is -1.15. The third-order valence-electron chi connectivity index (χ3n) is 9.28. The predicted octanol–water partition coefficient (Wildman–Crippen LogP) is 7.86. The minimum Gasteiger partial charge on any atom is -0.486 e. The maximum atomic E-state index is 13.6. The van der Waals surface area contributed by atoms with Crippen LogP contribution in [-0.4, -0.2) is 97.6 Å². The van der Waals surface area contributed by atoms with E-state index in [2.05, 4.69) is 39.5 Å². The monoisotopic (exact) mass is 918 g/mol. The third kappa shape index (κ3) is 16.2. The number of carboxylic acid groups (broad SMARTS) is 1. The lowest BCUT2D eigenvalue weighted by Crippen LogP contribution is -2.59. The van der Waals surface area contributed by atoms with Crippen molar-refractivity contribution in [1.82, 2.24) is 0 Å². The van der Waals surface area contributed by atoms with Gasteiger partial charge in [-0.1, -0.05) is 94.1 Å². The second-order valence-corrected chi connectivity index (χ2v) is 14.3. The van der Waals surface area contributed by atoms with Gasteiger partial charge in [0.1, 0.15) is 51.8 Å². The van der Waals surface area contributed by atoms with E-state index >= 15 is 0 Å². The van der Waals surface area contributed by atoms with E-state index in [4.69, 9.17) is 42.6 Å². The van der Waals surface area contributed by atoms with Crippen LogP contribution in [0, 0.1) is 0 Å². The van der Waals surface area contributed by atoms with Crippen molar-refractivity contribution in [2.24, 2.45) is 0 Å². The van der Waals surface area contributed by atoms with Gasteiger partial charge in [0.15, 0.2) is 46.2 Å². The largest absolute Gasteiger partial charge is 0.486 e. The van der Waals surface area contributed by atoms with Gasteiger partial charge in [-0.3, -0.25) is 0 Å². The molecule has 352 valence electrons. The summed E-state index contributed by atoms with van der Waals surface area (Å²) in [5.74, 6) is -2.41. The summed E-state index contributed by atoms with van der Waals surface area (Å²) in [7, 11) is 0. The summed E-state index contributed by atoms with van der Waals surface area (Å²) in [6, 6.07) is 14.6. The fraction of sp³-hybridized carbons (Fsp3) is 0.231. The van der Waals surface area contributed by atoms with Gasteiger partial charge < -0.3 is 52.8 Å². The van der Waals surface area contributed by atoms with E-state index in [1.807, 2.05) is 0 Å². The average Bonchev–Trinajstić information content (AvgIpc) is 3.32. The van der Waals surface area contributed by atoms with Gasteiger partial charge in [0.25, 0.3) is 0 Å². The summed E-state index contributed by atoms with van der Waals surface area (Å²) < 4.78 is 51.3. The minimum atomic E-state index is -2.60. The summed E-state index contributed by atoms with van der Waals surface area (Å²) >= 11 is 0. The Morgan fingerprint density at radius 2 is 0.761 bits per heavy atom. The Hall–Kier alpha value is -8.04. The molecule has 0 amide bonds. The molecule has 1 aliphatic carbocycles. The molecular formula is C52H54O15. The van der Waals surface area contributed by atoms with Gasteiger partial charge in [-0.25, -0.2) is 19.2 Å². The highest BCUT2D eigenvalue weighted by Gasteiger charge is 2.54. The van der Waals surface area contributed by atoms with E-state index in [9.17, 15) is 29.4 Å². The van der Waals surface area contributed by atoms with Gasteiger partial charge >= 0.3 is 23.9 Å². The third-order valence-corrected chi connectivity index (χ3v) is 9.28. The maximum Gasteiger partial charge on any atom is 0.335 e. The van der Waals surface area contributed by atoms with E-state index in [0.29, 0.717) is 51.2 Å². The van der Waals surface area contributed by atoms with Crippen LogP contribution in [0.25, 0.3) is 18.2 Å². The molecule has 3 aromatic carbocycles. The number of hydrogen-bond acceptors (Lipinski definition) is 14. The molecule has 15 nitrogen and oxygen atoms in total. The van der Waals surface area contributed by atoms with Crippen molar-refractivity contribution >= 4 is 42.1 Å². The summed E-state index contributed by atoms with van der Waals surface area (Å²) in [4.78, 5) is 53.1. The first-order chi connectivity index (χ1) is 32.4. The first-order valence-electron chi connectivity index (χ1n) is 20.8. The lowest BCUT2D eigenvalue weighted by Gasteiger charge is -2.41. The molecule has 15 heteroatoms. The predicted molar refractivity (Wildman–Crippen MR) is 252 cm³/mol. The maximum absolute atomic E-state index is 13.6. The number of carbonyl (C=O) groups excluding carboxylic acids is 3. The minimum absolute atomic E-state index is 0.165. The zero-order valence-corrected chi connectivity index (χ0v) is 37.0. The highest BCUT2D eigenvalue weighted by molar-refractivity contribution is 5.89. The molecule has 0 aliphatic heterocycles. The van der Waals surface area contributed by atoms with Crippen LogP contribution in [0.3, 0.4) is 0 Å². The van der Waals surface area contributed by atoms with Gasteiger partial charge in [0.05, 0.1) is 0 Å². The molecule has 67 heavy (non-hydrogen) atoms. The smallest absolute Gasteiger partial charge is 0.335 e. The Balaban J connectivity index is 1.67. The normalized spacial score (nSPS) is 17.7. The molecule has 0 unspecified atom stereocenters. The fourth-order valence-corrected chi connectivity index (χ4v) is 6.28. The molecule has 0 spiro atoms. The van der Waals surface area contributed by atoms with Crippen LogP contribution in [0.4, 0.5) is 0 Å². The Morgan fingerprint density at radius 1 is 0.478 bits per heavy atom. The number of benzene rings is 3. The van der Waals surface area contributed by atoms with Crippen LogP contribution < -0.4 is 28.4 Å². The first-order valence-corrected chi connectivity index (χ1v) is 20.8. The number of esters is 3. The van der Waals surface area contributed by atoms with Crippen LogP contribution in [0.15, 0.2) is 149 Å². The van der Waals surface area contributed by atoms with E-state index in [1.165, 1.54) is 18.2 Å². The second-order valence-electron chi connectivity index (χ2n) is 14.3. The second kappa shape index (κ2) is 26.7. The van der Waals surface area contributed by atoms with E-state index in [0.717, 1.165) is 18.2 Å². The SMILES string of the molecule is C=CCOc1ccc(/C=C/C(=O)OC2[C@H](OC(=O)/C=C/c3ccc(OCC=C)c(OCC=C)c3)CC(O)(C(=O)O)C[C@H]2OC(=O)/C=C/c2ccc(OCC=C)c(OCC=C)c2)cc1OCC=C. The molecule has 0 aromatic heterocycles. The van der Waals surface area contributed by atoms with E-state index in [-0.39, 0.29) is 39.6 Å². The zero-order chi connectivity index (χ0) is 48.6. The van der Waals surface area contributed by atoms with Crippen molar-refractivity contribution in [3.05, 3.63) is 165 Å². The topological polar surface area (TPSA) is 192 Å². The van der Waals surface area contributed by atoms with Crippen LogP contribution in [-0.2, 0) is 33.4 Å². The molecule has 0 bridgehead atoms. The standard InChI is InChI=1S/C52H54O15/c1-7-25-59-39-19-13-36(31-42(39)62-28-10-4)16-22-47(53)65-45-34-52(58,51(56)57)35-46(66-48(54)23-17-37-14-20-40(60-26-8-2)43(32-37)63-29-11-5)50(45)67-49(55)24-18-38-15-21-41(61-27-9-3)44(33-38)64-30-12-6/h7-24,31-33,45-46,50,58H,1-6,25-30,34-35H2,(H,56,57)/b22-16+,23-17+,24-18+/t45-,46-,50?,52?/m1/s1. The van der Waals surface area contributed by atoms with Crippen molar-refractivity contribution in [2.75, 3.05) is 39.6 Å². The van der Waals surface area contributed by atoms with Crippen LogP contribution in [0.1, 0.15) is 29.5 Å². The van der Waals surface area contributed by atoms with Crippen molar-refractivity contribution < 1.29 is 72.0 Å². The highest BCUT2D eigenvalue weighted by Crippen LogP contribution is 2.36. The van der Waals surface area contributed by atoms with Crippen molar-refractivity contribution in [2.45, 2.75) is 36.8 Å². The number of rotatable bonds is 28. The molecule has 0 heterocycles. The van der Waals surface area contributed by atoms with Crippen LogP contribution in [0.2, 0.25) is 0 Å². The van der Waals surface area contributed by atoms with Gasteiger partial charge in [-0.2, -0.15) is 0 Å². The zero-order valence-electron chi connectivity index (χ0n) is 37.0. The molecule has 1 fully saturated rings. The lowest BCUT2D eigenvalue weighted by atomic mass is 9.79. The summed E-state index contributed by atoms with van der Waals surface area (Å²) in [6.07, 6.45) is 10.3. The van der Waals surface area contributed by atoms with E-state index in [1.54, 1.807) is 91.1 Å². The quantitative estimate of drug-likeness (QED) is 0.0309. The fourth-order valence-electron chi connectivity index (χ4n) is 6.28. The molecule has 4 rings (SSSR count). The molecule has 2 N–H and O–H groups in total. The molecule has 0 saturated heterocycles. The van der Waals surface area contributed by atoms with Gasteiger partial charge in [-0.15, -0.1) is 0 Å². The Bertz CT molecular complexity index is 2250. The number of carboxylic acids is 1. The van der Waals surface area contributed by atoms with Gasteiger partial charge in [0.2, 0.25) is 0 Å². The van der Waals surface area contributed by atoms with E-state index < -0.39 is 60.6 Å².